The van der Waals surface area contributed by atoms with Gasteiger partial charge in [-0.25, -0.2) is 4.79 Å². The standard InChI is InChI=1S/C17H25N3O2/c1-4-17(14-10-8-7-9-11-14)15(21)20(16(22)18-17)13-12-19(5-2)6-3/h7-11H,4-6,12-13H2,1-3H3,(H,18,22)/t17-/m0/s1. The van der Waals surface area contributed by atoms with Crippen molar-refractivity contribution in [3.63, 3.8) is 0 Å². The number of benzene rings is 1. The molecular weight excluding hydrogens is 278 g/mol. The zero-order valence-electron chi connectivity index (χ0n) is 13.6. The highest BCUT2D eigenvalue weighted by atomic mass is 16.2. The molecule has 0 saturated carbocycles. The molecule has 0 aliphatic carbocycles. The highest BCUT2D eigenvalue weighted by molar-refractivity contribution is 6.07. The number of imide groups is 1. The first kappa shape index (κ1) is 16.5. The first-order chi connectivity index (χ1) is 10.6. The molecular formula is C17H25N3O2. The maximum atomic E-state index is 12.9. The lowest BCUT2D eigenvalue weighted by atomic mass is 9.87. The lowest BCUT2D eigenvalue weighted by molar-refractivity contribution is -0.131. The number of carbonyl (C=O) groups excluding carboxylic acids is 2. The Morgan fingerprint density at radius 1 is 1.09 bits per heavy atom. The van der Waals surface area contributed by atoms with Crippen LogP contribution in [0.15, 0.2) is 30.3 Å². The third-order valence-electron chi connectivity index (χ3n) is 4.51. The number of rotatable bonds is 7. The summed E-state index contributed by atoms with van der Waals surface area (Å²) in [6, 6.07) is 9.20. The summed E-state index contributed by atoms with van der Waals surface area (Å²) in [5.41, 5.74) is -0.0668. The third-order valence-corrected chi connectivity index (χ3v) is 4.51. The van der Waals surface area contributed by atoms with Crippen molar-refractivity contribution in [1.29, 1.82) is 0 Å². The molecule has 1 saturated heterocycles. The van der Waals surface area contributed by atoms with E-state index < -0.39 is 5.54 Å². The maximum Gasteiger partial charge on any atom is 0.325 e. The number of likely N-dealkylation sites (N-methyl/N-ethyl adjacent to an activating group) is 1. The first-order valence-electron chi connectivity index (χ1n) is 8.01. The van der Waals surface area contributed by atoms with Crippen LogP contribution in [0.1, 0.15) is 32.8 Å². The largest absolute Gasteiger partial charge is 0.325 e. The van der Waals surface area contributed by atoms with Crippen LogP contribution in [0.2, 0.25) is 0 Å². The minimum atomic E-state index is -0.915. The molecule has 5 heteroatoms. The second kappa shape index (κ2) is 6.92. The molecule has 0 radical (unpaired) electrons. The zero-order chi connectivity index (χ0) is 16.2. The molecule has 1 aromatic carbocycles. The minimum Gasteiger partial charge on any atom is -0.319 e. The molecule has 1 N–H and O–H groups in total. The average molecular weight is 303 g/mol. The molecule has 0 spiro atoms. The van der Waals surface area contributed by atoms with Gasteiger partial charge >= 0.3 is 6.03 Å². The summed E-state index contributed by atoms with van der Waals surface area (Å²) < 4.78 is 0. The van der Waals surface area contributed by atoms with Gasteiger partial charge in [-0.1, -0.05) is 51.1 Å². The summed E-state index contributed by atoms with van der Waals surface area (Å²) in [7, 11) is 0. The van der Waals surface area contributed by atoms with Gasteiger partial charge in [0.1, 0.15) is 5.54 Å². The summed E-state index contributed by atoms with van der Waals surface area (Å²) in [5, 5.41) is 2.91. The highest BCUT2D eigenvalue weighted by Gasteiger charge is 2.50. The number of urea groups is 1. The van der Waals surface area contributed by atoms with E-state index in [0.29, 0.717) is 19.5 Å². The predicted molar refractivity (Wildman–Crippen MR) is 86.4 cm³/mol. The van der Waals surface area contributed by atoms with Crippen molar-refractivity contribution in [3.05, 3.63) is 35.9 Å². The lowest BCUT2D eigenvalue weighted by Crippen LogP contribution is -2.44. The van der Waals surface area contributed by atoms with Gasteiger partial charge < -0.3 is 10.2 Å². The van der Waals surface area contributed by atoms with E-state index >= 15 is 0 Å². The molecule has 3 amide bonds. The van der Waals surface area contributed by atoms with E-state index in [9.17, 15) is 9.59 Å². The Balaban J connectivity index is 2.20. The van der Waals surface area contributed by atoms with Gasteiger partial charge in [0.15, 0.2) is 0 Å². The number of carbonyl (C=O) groups is 2. The molecule has 0 unspecified atom stereocenters. The van der Waals surface area contributed by atoms with Crippen molar-refractivity contribution in [2.75, 3.05) is 26.2 Å². The van der Waals surface area contributed by atoms with Gasteiger partial charge in [0.05, 0.1) is 0 Å². The Kier molecular flexibility index (Phi) is 5.19. The van der Waals surface area contributed by atoms with E-state index in [4.69, 9.17) is 0 Å². The molecule has 22 heavy (non-hydrogen) atoms. The zero-order valence-corrected chi connectivity index (χ0v) is 13.6. The van der Waals surface area contributed by atoms with Crippen LogP contribution < -0.4 is 5.32 Å². The molecule has 2 rings (SSSR count). The molecule has 1 aliphatic rings. The van der Waals surface area contributed by atoms with Gasteiger partial charge in [0.2, 0.25) is 0 Å². The van der Waals surface area contributed by atoms with Crippen molar-refractivity contribution in [2.45, 2.75) is 32.7 Å². The SMILES string of the molecule is CCN(CC)CCN1C(=O)N[C@@](CC)(c2ccccc2)C1=O. The Morgan fingerprint density at radius 2 is 1.73 bits per heavy atom. The monoisotopic (exact) mass is 303 g/mol. The van der Waals surface area contributed by atoms with Crippen molar-refractivity contribution >= 4 is 11.9 Å². The minimum absolute atomic E-state index is 0.140. The fourth-order valence-electron chi connectivity index (χ4n) is 2.97. The van der Waals surface area contributed by atoms with Gasteiger partial charge in [-0.3, -0.25) is 9.69 Å². The molecule has 1 aromatic rings. The molecule has 1 heterocycles. The molecule has 5 nitrogen and oxygen atoms in total. The molecule has 0 bridgehead atoms. The number of hydrogen-bond donors (Lipinski definition) is 1. The molecule has 0 aromatic heterocycles. The quantitative estimate of drug-likeness (QED) is 0.786. The highest BCUT2D eigenvalue weighted by Crippen LogP contribution is 2.32. The molecule has 1 aliphatic heterocycles. The molecule has 1 fully saturated rings. The second-order valence-corrected chi connectivity index (χ2v) is 5.54. The van der Waals surface area contributed by atoms with E-state index in [-0.39, 0.29) is 11.9 Å². The normalized spacial score (nSPS) is 21.5. The lowest BCUT2D eigenvalue weighted by Gasteiger charge is -2.26. The van der Waals surface area contributed by atoms with Crippen LogP contribution in [0, 0.1) is 0 Å². The number of nitrogens with one attached hydrogen (secondary N) is 1. The van der Waals surface area contributed by atoms with Gasteiger partial charge in [-0.2, -0.15) is 0 Å². The summed E-state index contributed by atoms with van der Waals surface area (Å²) in [6.07, 6.45) is 0.545. The van der Waals surface area contributed by atoms with Crippen LogP contribution in [0.3, 0.4) is 0 Å². The number of amides is 3. The van der Waals surface area contributed by atoms with Crippen molar-refractivity contribution in [1.82, 2.24) is 15.1 Å². The Morgan fingerprint density at radius 3 is 2.27 bits per heavy atom. The van der Waals surface area contributed by atoms with E-state index in [2.05, 4.69) is 24.1 Å². The van der Waals surface area contributed by atoms with Gasteiger partial charge in [-0.15, -0.1) is 0 Å². The van der Waals surface area contributed by atoms with Crippen LogP contribution in [0.25, 0.3) is 0 Å². The summed E-state index contributed by atoms with van der Waals surface area (Å²) >= 11 is 0. The topological polar surface area (TPSA) is 52.6 Å². The van der Waals surface area contributed by atoms with Crippen molar-refractivity contribution in [3.8, 4) is 0 Å². The van der Waals surface area contributed by atoms with Crippen molar-refractivity contribution < 1.29 is 9.59 Å². The van der Waals surface area contributed by atoms with E-state index in [1.807, 2.05) is 37.3 Å². The third kappa shape index (κ3) is 2.86. The van der Waals surface area contributed by atoms with Crippen molar-refractivity contribution in [2.24, 2.45) is 0 Å². The summed E-state index contributed by atoms with van der Waals surface area (Å²) in [5.74, 6) is -0.140. The van der Waals surface area contributed by atoms with Crippen LogP contribution >= 0.6 is 0 Å². The van der Waals surface area contributed by atoms with Gasteiger partial charge in [-0.05, 0) is 25.1 Å². The fraction of sp³-hybridized carbons (Fsp3) is 0.529. The first-order valence-corrected chi connectivity index (χ1v) is 8.01. The van der Waals surface area contributed by atoms with Gasteiger partial charge in [0.25, 0.3) is 5.91 Å². The van der Waals surface area contributed by atoms with Crippen LogP contribution in [-0.4, -0.2) is 47.9 Å². The van der Waals surface area contributed by atoms with Gasteiger partial charge in [0, 0.05) is 13.1 Å². The summed E-state index contributed by atoms with van der Waals surface area (Å²) in [6.45, 7) is 9.06. The average Bonchev–Trinajstić information content (AvgIpc) is 2.81. The fourth-order valence-corrected chi connectivity index (χ4v) is 2.97. The molecule has 1 atom stereocenters. The summed E-state index contributed by atoms with van der Waals surface area (Å²) in [4.78, 5) is 28.7. The maximum absolute atomic E-state index is 12.9. The van der Waals surface area contributed by atoms with E-state index in [1.165, 1.54) is 4.90 Å². The molecule has 120 valence electrons. The number of hydrogen-bond acceptors (Lipinski definition) is 3. The van der Waals surface area contributed by atoms with E-state index in [1.54, 1.807) is 0 Å². The Bertz CT molecular complexity index is 528. The predicted octanol–water partition coefficient (Wildman–Crippen LogP) is 2.19. The smallest absolute Gasteiger partial charge is 0.319 e. The van der Waals surface area contributed by atoms with Crippen LogP contribution in [0.4, 0.5) is 4.79 Å². The number of nitrogens with zero attached hydrogens (tertiary/aromatic N) is 2. The van der Waals surface area contributed by atoms with E-state index in [0.717, 1.165) is 18.7 Å². The Labute approximate surface area is 132 Å². The van der Waals surface area contributed by atoms with Crippen LogP contribution in [-0.2, 0) is 10.3 Å². The Hall–Kier alpha value is -1.88. The van der Waals surface area contributed by atoms with Crippen LogP contribution in [0.5, 0.6) is 0 Å². The second-order valence-electron chi connectivity index (χ2n) is 5.54.